The zero-order valence-corrected chi connectivity index (χ0v) is 22.4. The van der Waals surface area contributed by atoms with E-state index in [1.165, 1.54) is 0 Å². The van der Waals surface area contributed by atoms with Crippen LogP contribution in [-0.4, -0.2) is 73.3 Å². The zero-order valence-electron chi connectivity index (χ0n) is 21.6. The van der Waals surface area contributed by atoms with E-state index < -0.39 is 5.41 Å². The second-order valence-corrected chi connectivity index (χ2v) is 10.6. The number of carbonyl (C=O) groups is 1. The molecule has 2 aliphatic rings. The number of nitrogens with one attached hydrogen (secondary N) is 3. The number of hydrogen-bond acceptors (Lipinski definition) is 8. The smallest absolute Gasteiger partial charge is 0.236 e. The monoisotopic (exact) mass is 525 g/mol. The third-order valence-corrected chi connectivity index (χ3v) is 7.60. The van der Waals surface area contributed by atoms with Gasteiger partial charge in [0.15, 0.2) is 0 Å². The molecule has 1 amide bonds. The maximum Gasteiger partial charge on any atom is 0.236 e. The highest BCUT2D eigenvalue weighted by molar-refractivity contribution is 6.33. The molecule has 0 unspecified atom stereocenters. The Morgan fingerprint density at radius 3 is 2.62 bits per heavy atom. The minimum atomic E-state index is -0.433. The Kier molecular flexibility index (Phi) is 9.19. The summed E-state index contributed by atoms with van der Waals surface area (Å²) in [5.41, 5.74) is 1.12. The molecule has 3 heterocycles. The summed E-state index contributed by atoms with van der Waals surface area (Å²) >= 11 is 6.52. The van der Waals surface area contributed by atoms with E-state index in [2.05, 4.69) is 27.0 Å². The fourth-order valence-corrected chi connectivity index (χ4v) is 4.99. The van der Waals surface area contributed by atoms with Gasteiger partial charge in [-0.25, -0.2) is 9.97 Å². The first-order valence-electron chi connectivity index (χ1n) is 12.9. The summed E-state index contributed by atoms with van der Waals surface area (Å²) in [4.78, 5) is 22.7. The number of carbonyl (C=O) groups excluding carboxylic acids is 1. The number of pyridine rings is 2. The Morgan fingerprint density at radius 1 is 1.19 bits per heavy atom. The third-order valence-electron chi connectivity index (χ3n) is 7.30. The molecule has 0 spiro atoms. The van der Waals surface area contributed by atoms with Crippen LogP contribution in [0.25, 0.3) is 11.3 Å². The highest BCUT2D eigenvalue weighted by atomic mass is 35.5. The Labute approximate surface area is 224 Å². The maximum atomic E-state index is 11.8. The SMILES string of the molecule is CN(C)C(=O)CNC1CCC(Nc2cc(-c3cccc(NCC4(C#N)CCOCC4)n3)c(Cl)cn2)CC1. The van der Waals surface area contributed by atoms with Crippen LogP contribution in [0.5, 0.6) is 0 Å². The van der Waals surface area contributed by atoms with E-state index in [0.717, 1.165) is 42.8 Å². The lowest BCUT2D eigenvalue weighted by molar-refractivity contribution is -0.127. The molecular formula is C27H36ClN7O2. The van der Waals surface area contributed by atoms with Crippen molar-refractivity contribution in [2.75, 3.05) is 51.0 Å². The van der Waals surface area contributed by atoms with E-state index >= 15 is 0 Å². The van der Waals surface area contributed by atoms with E-state index in [1.54, 1.807) is 25.2 Å². The minimum absolute atomic E-state index is 0.0965. The summed E-state index contributed by atoms with van der Waals surface area (Å²) in [5, 5.41) is 20.5. The van der Waals surface area contributed by atoms with E-state index in [1.807, 2.05) is 24.3 Å². The van der Waals surface area contributed by atoms with E-state index in [4.69, 9.17) is 21.3 Å². The van der Waals surface area contributed by atoms with E-state index in [0.29, 0.717) is 62.1 Å². The van der Waals surface area contributed by atoms with Crippen molar-refractivity contribution in [2.24, 2.45) is 5.41 Å². The van der Waals surface area contributed by atoms with Crippen molar-refractivity contribution in [1.29, 1.82) is 5.26 Å². The van der Waals surface area contributed by atoms with Crippen LogP contribution in [-0.2, 0) is 9.53 Å². The number of rotatable bonds is 9. The van der Waals surface area contributed by atoms with Gasteiger partial charge in [0.1, 0.15) is 11.6 Å². The van der Waals surface area contributed by atoms with Gasteiger partial charge in [0.2, 0.25) is 5.91 Å². The van der Waals surface area contributed by atoms with Crippen LogP contribution >= 0.6 is 11.6 Å². The number of aromatic nitrogens is 2. The number of halogens is 1. The second kappa shape index (κ2) is 12.5. The largest absolute Gasteiger partial charge is 0.381 e. The van der Waals surface area contributed by atoms with Gasteiger partial charge in [0.25, 0.3) is 0 Å². The number of amides is 1. The van der Waals surface area contributed by atoms with Gasteiger partial charge in [-0.05, 0) is 56.7 Å². The second-order valence-electron chi connectivity index (χ2n) is 10.2. The molecule has 1 aliphatic heterocycles. The number of likely N-dealkylation sites (N-methyl/N-ethyl adjacent to an activating group) is 1. The van der Waals surface area contributed by atoms with Gasteiger partial charge in [0.05, 0.1) is 28.7 Å². The highest BCUT2D eigenvalue weighted by Gasteiger charge is 2.32. The van der Waals surface area contributed by atoms with Crippen molar-refractivity contribution < 1.29 is 9.53 Å². The molecule has 2 aromatic rings. The van der Waals surface area contributed by atoms with Crippen LogP contribution in [0.4, 0.5) is 11.6 Å². The first-order valence-corrected chi connectivity index (χ1v) is 13.3. The summed E-state index contributed by atoms with van der Waals surface area (Å²) < 4.78 is 5.43. The van der Waals surface area contributed by atoms with Gasteiger partial charge in [0, 0.05) is 57.7 Å². The molecule has 0 aromatic carbocycles. The third kappa shape index (κ3) is 7.31. The van der Waals surface area contributed by atoms with Crippen LogP contribution in [0.2, 0.25) is 5.02 Å². The first-order chi connectivity index (χ1) is 17.9. The van der Waals surface area contributed by atoms with Crippen molar-refractivity contribution in [3.8, 4) is 17.3 Å². The molecule has 2 aromatic heterocycles. The molecule has 1 saturated carbocycles. The first kappa shape index (κ1) is 27.1. The standard InChI is InChI=1S/C27H36ClN7O2/c1-35(2)26(36)16-30-19-6-8-20(9-7-19)33-25-14-21(22(28)15-31-25)23-4-3-5-24(34-23)32-18-27(17-29)10-12-37-13-11-27/h3-5,14-15,19-20,30H,6-13,16,18H2,1-2H3,(H,31,33)(H,32,34). The summed E-state index contributed by atoms with van der Waals surface area (Å²) in [6.45, 7) is 2.13. The number of anilines is 2. The predicted molar refractivity (Wildman–Crippen MR) is 145 cm³/mol. The molecule has 0 radical (unpaired) electrons. The van der Waals surface area contributed by atoms with Crippen molar-refractivity contribution in [2.45, 2.75) is 50.6 Å². The number of hydrogen-bond donors (Lipinski definition) is 3. The summed E-state index contributed by atoms with van der Waals surface area (Å²) in [5.74, 6) is 1.57. The van der Waals surface area contributed by atoms with Crippen LogP contribution < -0.4 is 16.0 Å². The van der Waals surface area contributed by atoms with Crippen LogP contribution in [0, 0.1) is 16.7 Å². The van der Waals surface area contributed by atoms with Crippen molar-refractivity contribution >= 4 is 29.1 Å². The molecule has 0 bridgehead atoms. The lowest BCUT2D eigenvalue weighted by atomic mass is 9.82. The molecular weight excluding hydrogens is 490 g/mol. The van der Waals surface area contributed by atoms with E-state index in [9.17, 15) is 10.1 Å². The fourth-order valence-electron chi connectivity index (χ4n) is 4.79. The number of nitrogens with zero attached hydrogens (tertiary/aromatic N) is 4. The summed E-state index contributed by atoms with van der Waals surface area (Å²) in [7, 11) is 3.55. The van der Waals surface area contributed by atoms with Crippen LogP contribution in [0.1, 0.15) is 38.5 Å². The van der Waals surface area contributed by atoms with Gasteiger partial charge in [-0.2, -0.15) is 5.26 Å². The topological polar surface area (TPSA) is 115 Å². The van der Waals surface area contributed by atoms with Gasteiger partial charge in [-0.3, -0.25) is 4.79 Å². The quantitative estimate of drug-likeness (QED) is 0.451. The Hall–Kier alpha value is -2.93. The van der Waals surface area contributed by atoms with Gasteiger partial charge < -0.3 is 25.6 Å². The molecule has 10 heteroatoms. The average Bonchev–Trinajstić information content (AvgIpc) is 2.93. The molecule has 3 N–H and O–H groups in total. The zero-order chi connectivity index (χ0) is 26.3. The fraction of sp³-hybridized carbons (Fsp3) is 0.556. The van der Waals surface area contributed by atoms with Crippen molar-refractivity contribution in [3.63, 3.8) is 0 Å². The molecule has 0 atom stereocenters. The molecule has 1 saturated heterocycles. The minimum Gasteiger partial charge on any atom is -0.381 e. The van der Waals surface area contributed by atoms with Gasteiger partial charge in [-0.15, -0.1) is 0 Å². The summed E-state index contributed by atoms with van der Waals surface area (Å²) in [6, 6.07) is 10.9. The molecule has 2 fully saturated rings. The highest BCUT2D eigenvalue weighted by Crippen LogP contribution is 2.32. The van der Waals surface area contributed by atoms with E-state index in [-0.39, 0.29) is 5.91 Å². The van der Waals surface area contributed by atoms with Gasteiger partial charge in [-0.1, -0.05) is 17.7 Å². The Morgan fingerprint density at radius 2 is 1.92 bits per heavy atom. The van der Waals surface area contributed by atoms with Crippen LogP contribution in [0.15, 0.2) is 30.5 Å². The Balaban J connectivity index is 1.35. The maximum absolute atomic E-state index is 11.8. The predicted octanol–water partition coefficient (Wildman–Crippen LogP) is 3.93. The van der Waals surface area contributed by atoms with Crippen molar-refractivity contribution in [1.82, 2.24) is 20.2 Å². The molecule has 198 valence electrons. The molecule has 9 nitrogen and oxygen atoms in total. The van der Waals surface area contributed by atoms with Gasteiger partial charge >= 0.3 is 0 Å². The summed E-state index contributed by atoms with van der Waals surface area (Å²) in [6.07, 6.45) is 7.09. The lowest BCUT2D eigenvalue weighted by Crippen LogP contribution is -2.42. The molecule has 4 rings (SSSR count). The number of nitriles is 1. The number of ether oxygens (including phenoxy) is 1. The average molecular weight is 526 g/mol. The normalized spacial score (nSPS) is 21.0. The van der Waals surface area contributed by atoms with Crippen LogP contribution in [0.3, 0.4) is 0 Å². The molecule has 37 heavy (non-hydrogen) atoms. The Bertz CT molecular complexity index is 1110. The van der Waals surface area contributed by atoms with Crippen molar-refractivity contribution in [3.05, 3.63) is 35.5 Å². The lowest BCUT2D eigenvalue weighted by Gasteiger charge is -2.30. The molecule has 1 aliphatic carbocycles.